The van der Waals surface area contributed by atoms with E-state index in [0.717, 1.165) is 25.7 Å². The molecule has 0 N–H and O–H groups in total. The highest BCUT2D eigenvalue weighted by Gasteiger charge is 2.54. The van der Waals surface area contributed by atoms with Crippen molar-refractivity contribution in [2.75, 3.05) is 28.4 Å². The van der Waals surface area contributed by atoms with Crippen molar-refractivity contribution in [3.05, 3.63) is 35.9 Å². The molecule has 1 aromatic carbocycles. The SMILES string of the molecule is CCCCCCCCC(CCc1ccccc1)(OC)C(OC)(OC)OC. The van der Waals surface area contributed by atoms with Gasteiger partial charge in [0.25, 0.3) is 0 Å². The summed E-state index contributed by atoms with van der Waals surface area (Å²) in [6.45, 7) is 2.24. The van der Waals surface area contributed by atoms with E-state index < -0.39 is 11.6 Å². The molecule has 0 radical (unpaired) electrons. The van der Waals surface area contributed by atoms with Gasteiger partial charge >= 0.3 is 5.97 Å². The quantitative estimate of drug-likeness (QED) is 0.310. The summed E-state index contributed by atoms with van der Waals surface area (Å²) in [7, 11) is 6.58. The Labute approximate surface area is 160 Å². The summed E-state index contributed by atoms with van der Waals surface area (Å²) in [6, 6.07) is 10.4. The van der Waals surface area contributed by atoms with Crippen LogP contribution >= 0.6 is 0 Å². The van der Waals surface area contributed by atoms with Gasteiger partial charge in [-0.15, -0.1) is 0 Å². The summed E-state index contributed by atoms with van der Waals surface area (Å²) in [5, 5.41) is 0. The lowest BCUT2D eigenvalue weighted by atomic mass is 9.86. The number of rotatable bonds is 15. The van der Waals surface area contributed by atoms with Gasteiger partial charge in [-0.3, -0.25) is 0 Å². The number of hydrogen-bond acceptors (Lipinski definition) is 4. The largest absolute Gasteiger partial charge is 0.370 e. The van der Waals surface area contributed by atoms with Crippen molar-refractivity contribution in [2.24, 2.45) is 0 Å². The Morgan fingerprint density at radius 2 is 1.27 bits per heavy atom. The Bertz CT molecular complexity index is 450. The standard InChI is InChI=1S/C22H38O4/c1-6-7-8-9-10-14-18-21(23-2,22(24-3,25-4)26-5)19-17-20-15-12-11-13-16-20/h11-13,15-16H,6-10,14,17-19H2,1-5H3. The van der Waals surface area contributed by atoms with Gasteiger partial charge in [-0.1, -0.05) is 75.8 Å². The first-order valence-electron chi connectivity index (χ1n) is 9.88. The fourth-order valence-electron chi connectivity index (χ4n) is 3.75. The molecule has 1 aromatic rings. The van der Waals surface area contributed by atoms with Crippen LogP contribution in [0.5, 0.6) is 0 Å². The second-order valence-corrected chi connectivity index (χ2v) is 6.87. The molecule has 26 heavy (non-hydrogen) atoms. The number of hydrogen-bond donors (Lipinski definition) is 0. The highest BCUT2D eigenvalue weighted by molar-refractivity contribution is 5.15. The lowest BCUT2D eigenvalue weighted by Crippen LogP contribution is -2.59. The van der Waals surface area contributed by atoms with Crippen LogP contribution in [-0.4, -0.2) is 40.0 Å². The highest BCUT2D eigenvalue weighted by atomic mass is 16.9. The van der Waals surface area contributed by atoms with Crippen LogP contribution in [0.1, 0.15) is 63.9 Å². The van der Waals surface area contributed by atoms with E-state index in [1.54, 1.807) is 28.4 Å². The summed E-state index contributed by atoms with van der Waals surface area (Å²) in [6.07, 6.45) is 9.84. The van der Waals surface area contributed by atoms with Gasteiger partial charge in [0, 0.05) is 28.4 Å². The number of benzene rings is 1. The maximum atomic E-state index is 6.05. The topological polar surface area (TPSA) is 36.9 Å². The van der Waals surface area contributed by atoms with Gasteiger partial charge in [0.2, 0.25) is 0 Å². The predicted octanol–water partition coefficient (Wildman–Crippen LogP) is 5.35. The normalized spacial score (nSPS) is 14.3. The molecule has 0 spiro atoms. The third-order valence-electron chi connectivity index (χ3n) is 5.35. The third-order valence-corrected chi connectivity index (χ3v) is 5.35. The summed E-state index contributed by atoms with van der Waals surface area (Å²) >= 11 is 0. The van der Waals surface area contributed by atoms with Crippen molar-refractivity contribution >= 4 is 0 Å². The molecule has 0 aliphatic carbocycles. The summed E-state index contributed by atoms with van der Waals surface area (Å²) in [5.74, 6) is -1.21. The van der Waals surface area contributed by atoms with Crippen LogP contribution in [0.2, 0.25) is 0 Å². The highest BCUT2D eigenvalue weighted by Crippen LogP contribution is 2.39. The van der Waals surface area contributed by atoms with Crippen molar-refractivity contribution in [3.8, 4) is 0 Å². The molecule has 0 aromatic heterocycles. The average molecular weight is 367 g/mol. The van der Waals surface area contributed by atoms with Crippen molar-refractivity contribution in [1.29, 1.82) is 0 Å². The number of unbranched alkanes of at least 4 members (excludes halogenated alkanes) is 5. The van der Waals surface area contributed by atoms with Crippen molar-refractivity contribution in [3.63, 3.8) is 0 Å². The van der Waals surface area contributed by atoms with Gasteiger partial charge in [-0.05, 0) is 24.8 Å². The molecule has 4 heteroatoms. The van der Waals surface area contributed by atoms with Crippen LogP contribution in [0, 0.1) is 0 Å². The molecule has 1 atom stereocenters. The van der Waals surface area contributed by atoms with E-state index >= 15 is 0 Å². The van der Waals surface area contributed by atoms with Gasteiger partial charge in [0.15, 0.2) is 0 Å². The summed E-state index contributed by atoms with van der Waals surface area (Å²) < 4.78 is 23.2. The van der Waals surface area contributed by atoms with Gasteiger partial charge < -0.3 is 18.9 Å². The van der Waals surface area contributed by atoms with Crippen LogP contribution in [0.15, 0.2) is 30.3 Å². The Morgan fingerprint density at radius 1 is 0.692 bits per heavy atom. The van der Waals surface area contributed by atoms with E-state index in [0.29, 0.717) is 0 Å². The van der Waals surface area contributed by atoms with Crippen LogP contribution in [-0.2, 0) is 25.4 Å². The molecular formula is C22H38O4. The summed E-state index contributed by atoms with van der Waals surface area (Å²) in [4.78, 5) is 0. The second kappa shape index (κ2) is 12.4. The molecule has 0 fully saturated rings. The number of methoxy groups -OCH3 is 4. The molecule has 0 aliphatic rings. The molecule has 1 rings (SSSR count). The molecule has 0 heterocycles. The Morgan fingerprint density at radius 3 is 1.81 bits per heavy atom. The van der Waals surface area contributed by atoms with E-state index in [1.807, 2.05) is 6.07 Å². The van der Waals surface area contributed by atoms with Gasteiger partial charge in [-0.25, -0.2) is 0 Å². The fourth-order valence-corrected chi connectivity index (χ4v) is 3.75. The molecular weight excluding hydrogens is 328 g/mol. The Hall–Kier alpha value is -0.940. The minimum absolute atomic E-state index is 0.661. The van der Waals surface area contributed by atoms with Gasteiger partial charge in [0.05, 0.1) is 0 Å². The Balaban J connectivity index is 2.86. The number of aryl methyl sites for hydroxylation is 1. The lowest BCUT2D eigenvalue weighted by molar-refractivity contribution is -0.425. The molecule has 0 bridgehead atoms. The van der Waals surface area contributed by atoms with Crippen molar-refractivity contribution in [2.45, 2.75) is 76.3 Å². The Kier molecular flexibility index (Phi) is 11.1. The first-order valence-corrected chi connectivity index (χ1v) is 9.88. The predicted molar refractivity (Wildman–Crippen MR) is 106 cm³/mol. The minimum Gasteiger partial charge on any atom is -0.370 e. The fraction of sp³-hybridized carbons (Fsp3) is 0.727. The number of ether oxygens (including phenoxy) is 4. The summed E-state index contributed by atoms with van der Waals surface area (Å²) in [5.41, 5.74) is 0.611. The zero-order valence-electron chi connectivity index (χ0n) is 17.4. The van der Waals surface area contributed by atoms with E-state index in [4.69, 9.17) is 18.9 Å². The van der Waals surface area contributed by atoms with Gasteiger partial charge in [-0.2, -0.15) is 0 Å². The first-order chi connectivity index (χ1) is 12.6. The lowest BCUT2D eigenvalue weighted by Gasteiger charge is -2.46. The first kappa shape index (κ1) is 23.1. The van der Waals surface area contributed by atoms with Crippen LogP contribution in [0.25, 0.3) is 0 Å². The zero-order chi connectivity index (χ0) is 19.3. The van der Waals surface area contributed by atoms with Crippen molar-refractivity contribution in [1.82, 2.24) is 0 Å². The zero-order valence-corrected chi connectivity index (χ0v) is 17.4. The third kappa shape index (κ3) is 6.05. The van der Waals surface area contributed by atoms with E-state index in [9.17, 15) is 0 Å². The van der Waals surface area contributed by atoms with Crippen LogP contribution in [0.4, 0.5) is 0 Å². The van der Waals surface area contributed by atoms with E-state index in [1.165, 1.54) is 37.7 Å². The molecule has 0 amide bonds. The maximum absolute atomic E-state index is 6.05. The van der Waals surface area contributed by atoms with E-state index in [2.05, 4.69) is 31.2 Å². The van der Waals surface area contributed by atoms with Gasteiger partial charge in [0.1, 0.15) is 5.60 Å². The minimum atomic E-state index is -1.21. The molecule has 0 saturated heterocycles. The average Bonchev–Trinajstić information content (AvgIpc) is 2.70. The van der Waals surface area contributed by atoms with Crippen LogP contribution in [0.3, 0.4) is 0 Å². The molecule has 0 aliphatic heterocycles. The monoisotopic (exact) mass is 366 g/mol. The molecule has 0 saturated carbocycles. The van der Waals surface area contributed by atoms with Crippen LogP contribution < -0.4 is 0 Å². The molecule has 1 unspecified atom stereocenters. The van der Waals surface area contributed by atoms with E-state index in [-0.39, 0.29) is 0 Å². The second-order valence-electron chi connectivity index (χ2n) is 6.87. The van der Waals surface area contributed by atoms with Crippen molar-refractivity contribution < 1.29 is 18.9 Å². The smallest absolute Gasteiger partial charge is 0.313 e. The molecule has 150 valence electrons. The molecule has 4 nitrogen and oxygen atoms in total. The maximum Gasteiger partial charge on any atom is 0.313 e.